The normalized spacial score (nSPS) is 12.0. The van der Waals surface area contributed by atoms with Crippen LogP contribution in [0.4, 0.5) is 5.69 Å². The van der Waals surface area contributed by atoms with Crippen LogP contribution in [0, 0.1) is 0 Å². The lowest BCUT2D eigenvalue weighted by atomic mass is 10.0. The second-order valence-corrected chi connectivity index (χ2v) is 6.17. The van der Waals surface area contributed by atoms with Crippen LogP contribution in [0.3, 0.4) is 0 Å². The predicted octanol–water partition coefficient (Wildman–Crippen LogP) is 5.26. The van der Waals surface area contributed by atoms with Gasteiger partial charge in [-0.05, 0) is 48.2 Å². The molecule has 0 radical (unpaired) electrons. The van der Waals surface area contributed by atoms with Gasteiger partial charge in [0.15, 0.2) is 6.10 Å². The summed E-state index contributed by atoms with van der Waals surface area (Å²) in [5, 5.41) is 3.48. The summed E-state index contributed by atoms with van der Waals surface area (Å²) in [6.45, 7) is 6.19. The first-order valence-electron chi connectivity index (χ1n) is 7.82. The van der Waals surface area contributed by atoms with Crippen molar-refractivity contribution in [3.63, 3.8) is 0 Å². The largest absolute Gasteiger partial charge is 0.481 e. The van der Waals surface area contributed by atoms with Crippen molar-refractivity contribution in [1.29, 1.82) is 0 Å². The zero-order valence-corrected chi connectivity index (χ0v) is 14.4. The highest BCUT2D eigenvalue weighted by Gasteiger charge is 2.18. The number of carbonyl (C=O) groups is 1. The Morgan fingerprint density at radius 2 is 1.87 bits per heavy atom. The second-order valence-electron chi connectivity index (χ2n) is 5.74. The fourth-order valence-electron chi connectivity index (χ4n) is 2.20. The minimum atomic E-state index is -0.557. The highest BCUT2D eigenvalue weighted by molar-refractivity contribution is 6.30. The molecule has 2 aromatic carbocycles. The maximum absolute atomic E-state index is 12.4. The third-order valence-corrected chi connectivity index (χ3v) is 3.82. The maximum Gasteiger partial charge on any atom is 0.265 e. The van der Waals surface area contributed by atoms with E-state index in [0.29, 0.717) is 23.1 Å². The molecule has 1 N–H and O–H groups in total. The topological polar surface area (TPSA) is 38.3 Å². The van der Waals surface area contributed by atoms with Gasteiger partial charge in [0.1, 0.15) is 5.75 Å². The summed E-state index contributed by atoms with van der Waals surface area (Å²) < 4.78 is 5.74. The van der Waals surface area contributed by atoms with Gasteiger partial charge in [-0.1, -0.05) is 50.6 Å². The summed E-state index contributed by atoms with van der Waals surface area (Å²) in [5.74, 6) is 0.897. The van der Waals surface area contributed by atoms with Gasteiger partial charge in [-0.15, -0.1) is 0 Å². The van der Waals surface area contributed by atoms with Crippen LogP contribution >= 0.6 is 11.6 Å². The second kappa shape index (κ2) is 8.02. The first-order chi connectivity index (χ1) is 11.0. The molecular weight excluding hydrogens is 310 g/mol. The number of anilines is 1. The molecule has 0 saturated heterocycles. The van der Waals surface area contributed by atoms with Crippen molar-refractivity contribution < 1.29 is 9.53 Å². The van der Waals surface area contributed by atoms with E-state index >= 15 is 0 Å². The molecule has 3 nitrogen and oxygen atoms in total. The smallest absolute Gasteiger partial charge is 0.265 e. The Bertz CT molecular complexity index is 653. The standard InChI is InChI=1S/C19H22ClNO2/c1-4-18(23-17-7-5-6-15(20)12-17)19(22)21-16-10-8-14(9-11-16)13(2)3/h5-13,18H,4H2,1-3H3,(H,21,22)/t18-/m0/s1. The summed E-state index contributed by atoms with van der Waals surface area (Å²) in [7, 11) is 0. The highest BCUT2D eigenvalue weighted by Crippen LogP contribution is 2.21. The summed E-state index contributed by atoms with van der Waals surface area (Å²) in [6, 6.07) is 14.9. The SMILES string of the molecule is CC[C@H](Oc1cccc(Cl)c1)C(=O)Nc1ccc(C(C)C)cc1. The van der Waals surface area contributed by atoms with Crippen molar-refractivity contribution in [2.45, 2.75) is 39.2 Å². The molecule has 0 spiro atoms. The molecule has 0 aliphatic carbocycles. The Balaban J connectivity index is 2.02. The van der Waals surface area contributed by atoms with Gasteiger partial charge < -0.3 is 10.1 Å². The van der Waals surface area contributed by atoms with E-state index in [9.17, 15) is 4.79 Å². The zero-order chi connectivity index (χ0) is 16.8. The summed E-state index contributed by atoms with van der Waals surface area (Å²) >= 11 is 5.94. The van der Waals surface area contributed by atoms with E-state index in [4.69, 9.17) is 16.3 Å². The van der Waals surface area contributed by atoms with Crippen LogP contribution in [0.25, 0.3) is 0 Å². The fraction of sp³-hybridized carbons (Fsp3) is 0.316. The van der Waals surface area contributed by atoms with Crippen LogP contribution in [-0.2, 0) is 4.79 Å². The minimum Gasteiger partial charge on any atom is -0.481 e. The molecule has 0 saturated carbocycles. The van der Waals surface area contributed by atoms with E-state index in [1.165, 1.54) is 5.56 Å². The lowest BCUT2D eigenvalue weighted by molar-refractivity contribution is -0.122. The Kier molecular flexibility index (Phi) is 6.05. The number of ether oxygens (including phenoxy) is 1. The van der Waals surface area contributed by atoms with E-state index in [1.807, 2.05) is 31.2 Å². The van der Waals surface area contributed by atoms with Crippen LogP contribution in [0.1, 0.15) is 38.7 Å². The number of rotatable bonds is 6. The molecular formula is C19H22ClNO2. The lowest BCUT2D eigenvalue weighted by Gasteiger charge is -2.17. The number of carbonyl (C=O) groups excluding carboxylic acids is 1. The van der Waals surface area contributed by atoms with Gasteiger partial charge in [-0.3, -0.25) is 4.79 Å². The van der Waals surface area contributed by atoms with Gasteiger partial charge in [-0.25, -0.2) is 0 Å². The van der Waals surface area contributed by atoms with Gasteiger partial charge in [0.05, 0.1) is 0 Å². The van der Waals surface area contributed by atoms with Crippen LogP contribution in [0.15, 0.2) is 48.5 Å². The summed E-state index contributed by atoms with van der Waals surface area (Å²) in [5.41, 5.74) is 2.01. The van der Waals surface area contributed by atoms with Gasteiger partial charge >= 0.3 is 0 Å². The Hall–Kier alpha value is -2.00. The molecule has 23 heavy (non-hydrogen) atoms. The molecule has 0 aliphatic heterocycles. The number of nitrogens with one attached hydrogen (secondary N) is 1. The number of halogens is 1. The molecule has 0 aromatic heterocycles. The lowest BCUT2D eigenvalue weighted by Crippen LogP contribution is -2.32. The van der Waals surface area contributed by atoms with Crippen molar-refractivity contribution in [3.05, 3.63) is 59.1 Å². The van der Waals surface area contributed by atoms with E-state index in [2.05, 4.69) is 19.2 Å². The van der Waals surface area contributed by atoms with E-state index in [1.54, 1.807) is 24.3 Å². The highest BCUT2D eigenvalue weighted by atomic mass is 35.5. The number of hydrogen-bond acceptors (Lipinski definition) is 2. The van der Waals surface area contributed by atoms with E-state index in [0.717, 1.165) is 5.69 Å². The van der Waals surface area contributed by atoms with Crippen LogP contribution < -0.4 is 10.1 Å². The molecule has 2 rings (SSSR count). The Labute approximate surface area is 142 Å². The molecule has 0 unspecified atom stereocenters. The summed E-state index contributed by atoms with van der Waals surface area (Å²) in [4.78, 5) is 12.4. The third-order valence-electron chi connectivity index (χ3n) is 3.58. The van der Waals surface area contributed by atoms with Crippen LogP contribution in [-0.4, -0.2) is 12.0 Å². The molecule has 1 atom stereocenters. The van der Waals surface area contributed by atoms with Crippen molar-refractivity contribution >= 4 is 23.2 Å². The molecule has 0 fully saturated rings. The quantitative estimate of drug-likeness (QED) is 0.784. The molecule has 1 amide bonds. The van der Waals surface area contributed by atoms with E-state index in [-0.39, 0.29) is 5.91 Å². The maximum atomic E-state index is 12.4. The monoisotopic (exact) mass is 331 g/mol. The van der Waals surface area contributed by atoms with Crippen molar-refractivity contribution in [2.24, 2.45) is 0 Å². The number of hydrogen-bond donors (Lipinski definition) is 1. The zero-order valence-electron chi connectivity index (χ0n) is 13.7. The van der Waals surface area contributed by atoms with Crippen molar-refractivity contribution in [3.8, 4) is 5.75 Å². The molecule has 4 heteroatoms. The number of benzene rings is 2. The van der Waals surface area contributed by atoms with Crippen molar-refractivity contribution in [2.75, 3.05) is 5.32 Å². The fourth-order valence-corrected chi connectivity index (χ4v) is 2.38. The molecule has 122 valence electrons. The van der Waals surface area contributed by atoms with Gasteiger partial charge in [0, 0.05) is 10.7 Å². The van der Waals surface area contributed by atoms with Gasteiger partial charge in [0.25, 0.3) is 5.91 Å². The Morgan fingerprint density at radius 3 is 2.43 bits per heavy atom. The summed E-state index contributed by atoms with van der Waals surface area (Å²) in [6.07, 6.45) is 0.0147. The minimum absolute atomic E-state index is 0.162. The first kappa shape index (κ1) is 17.4. The molecule has 0 aliphatic rings. The average molecular weight is 332 g/mol. The van der Waals surface area contributed by atoms with Crippen molar-refractivity contribution in [1.82, 2.24) is 0 Å². The molecule has 0 heterocycles. The van der Waals surface area contributed by atoms with Crippen LogP contribution in [0.5, 0.6) is 5.75 Å². The van der Waals surface area contributed by atoms with Gasteiger partial charge in [0.2, 0.25) is 0 Å². The molecule has 2 aromatic rings. The van der Waals surface area contributed by atoms with Gasteiger partial charge in [-0.2, -0.15) is 0 Å². The third kappa shape index (κ3) is 5.00. The van der Waals surface area contributed by atoms with Crippen LogP contribution in [0.2, 0.25) is 5.02 Å². The van der Waals surface area contributed by atoms with E-state index < -0.39 is 6.10 Å². The predicted molar refractivity (Wildman–Crippen MR) is 95.3 cm³/mol. The number of amides is 1. The first-order valence-corrected chi connectivity index (χ1v) is 8.20. The Morgan fingerprint density at radius 1 is 1.17 bits per heavy atom. The molecule has 0 bridgehead atoms. The average Bonchev–Trinajstić information content (AvgIpc) is 2.53.